The monoisotopic (exact) mass is 180 g/mol. The second-order valence-corrected chi connectivity index (χ2v) is 5.16. The van der Waals surface area contributed by atoms with Crippen molar-refractivity contribution in [1.82, 2.24) is 0 Å². The Bertz CT molecular complexity index is 191. The lowest BCUT2D eigenvalue weighted by Crippen LogP contribution is -2.01. The molecule has 2 rings (SSSR count). The van der Waals surface area contributed by atoms with Gasteiger partial charge in [-0.15, -0.1) is 0 Å². The molecule has 1 heteroatoms. The first kappa shape index (κ1) is 9.23. The van der Waals surface area contributed by atoms with Crippen LogP contribution in [0, 0.1) is 29.6 Å². The van der Waals surface area contributed by atoms with E-state index in [-0.39, 0.29) is 0 Å². The minimum atomic E-state index is 0.420. The molecule has 0 N–H and O–H groups in total. The van der Waals surface area contributed by atoms with Gasteiger partial charge in [0.25, 0.3) is 0 Å². The molecule has 3 atom stereocenters. The van der Waals surface area contributed by atoms with Gasteiger partial charge in [-0.05, 0) is 23.7 Å². The average Bonchev–Trinajstić information content (AvgIpc) is 2.60. The summed E-state index contributed by atoms with van der Waals surface area (Å²) in [6.07, 6.45) is 6.79. The van der Waals surface area contributed by atoms with Crippen LogP contribution in [-0.2, 0) is 4.79 Å². The molecule has 0 heterocycles. The molecule has 0 spiro atoms. The van der Waals surface area contributed by atoms with Crippen LogP contribution in [0.4, 0.5) is 0 Å². The summed E-state index contributed by atoms with van der Waals surface area (Å²) in [6.45, 7) is 4.52. The second-order valence-electron chi connectivity index (χ2n) is 5.16. The zero-order valence-electron chi connectivity index (χ0n) is 8.70. The molecule has 0 amide bonds. The highest BCUT2D eigenvalue weighted by Crippen LogP contribution is 2.57. The summed E-state index contributed by atoms with van der Waals surface area (Å²) in [4.78, 5) is 10.8. The molecule has 0 aliphatic heterocycles. The van der Waals surface area contributed by atoms with Crippen molar-refractivity contribution in [1.29, 1.82) is 0 Å². The van der Waals surface area contributed by atoms with E-state index in [1.807, 2.05) is 0 Å². The Morgan fingerprint density at radius 1 is 1.23 bits per heavy atom. The molecular weight excluding hydrogens is 160 g/mol. The van der Waals surface area contributed by atoms with Crippen molar-refractivity contribution in [3.8, 4) is 0 Å². The molecule has 2 aliphatic rings. The molecule has 0 radical (unpaired) electrons. The maximum Gasteiger partial charge on any atom is 0.123 e. The van der Waals surface area contributed by atoms with E-state index < -0.39 is 0 Å². The lowest BCUT2D eigenvalue weighted by Gasteiger charge is -2.08. The van der Waals surface area contributed by atoms with E-state index in [1.54, 1.807) is 0 Å². The Hall–Kier alpha value is -0.330. The number of carbonyl (C=O) groups excluding carboxylic acids is 1. The minimum absolute atomic E-state index is 0.420. The maximum atomic E-state index is 10.8. The van der Waals surface area contributed by atoms with Gasteiger partial charge in [0, 0.05) is 5.92 Å². The van der Waals surface area contributed by atoms with Crippen LogP contribution in [0.5, 0.6) is 0 Å². The third-order valence-electron chi connectivity index (χ3n) is 4.06. The molecule has 0 aromatic heterocycles. The van der Waals surface area contributed by atoms with Gasteiger partial charge >= 0.3 is 0 Å². The van der Waals surface area contributed by atoms with Crippen molar-refractivity contribution < 1.29 is 4.79 Å². The van der Waals surface area contributed by atoms with Crippen molar-refractivity contribution in [2.45, 2.75) is 39.5 Å². The Kier molecular flexibility index (Phi) is 2.44. The second kappa shape index (κ2) is 3.43. The fraction of sp³-hybridized carbons (Fsp3) is 0.917. The molecule has 2 aliphatic carbocycles. The molecule has 1 nitrogen and oxygen atoms in total. The first-order chi connectivity index (χ1) is 6.25. The normalized spacial score (nSPS) is 39.8. The smallest absolute Gasteiger partial charge is 0.123 e. The summed E-state index contributed by atoms with van der Waals surface area (Å²) in [7, 11) is 0. The number of hydrogen-bond acceptors (Lipinski definition) is 1. The fourth-order valence-corrected chi connectivity index (χ4v) is 3.43. The molecule has 2 fully saturated rings. The van der Waals surface area contributed by atoms with Gasteiger partial charge in [0.1, 0.15) is 6.29 Å². The van der Waals surface area contributed by atoms with E-state index in [9.17, 15) is 4.79 Å². The lowest BCUT2D eigenvalue weighted by molar-refractivity contribution is -0.109. The third-order valence-corrected chi connectivity index (χ3v) is 4.06. The molecule has 0 saturated heterocycles. The van der Waals surface area contributed by atoms with E-state index in [0.29, 0.717) is 11.8 Å². The molecule has 0 aromatic rings. The molecule has 0 aromatic carbocycles. The van der Waals surface area contributed by atoms with Crippen LogP contribution >= 0.6 is 0 Å². The summed E-state index contributed by atoms with van der Waals surface area (Å²) in [5.41, 5.74) is 0. The van der Waals surface area contributed by atoms with Crippen LogP contribution < -0.4 is 0 Å². The van der Waals surface area contributed by atoms with Crippen molar-refractivity contribution in [2.75, 3.05) is 0 Å². The Morgan fingerprint density at radius 2 is 1.85 bits per heavy atom. The zero-order valence-corrected chi connectivity index (χ0v) is 8.70. The van der Waals surface area contributed by atoms with Crippen molar-refractivity contribution in [3.63, 3.8) is 0 Å². The SMILES string of the molecule is CC(C)C1C(C=O)C1C1CCCC1. The predicted octanol–water partition coefficient (Wildman–Crippen LogP) is 2.89. The lowest BCUT2D eigenvalue weighted by atomic mass is 9.97. The van der Waals surface area contributed by atoms with Crippen LogP contribution in [0.1, 0.15) is 39.5 Å². The largest absolute Gasteiger partial charge is 0.303 e. The number of carbonyl (C=O) groups is 1. The minimum Gasteiger partial charge on any atom is -0.303 e. The summed E-state index contributed by atoms with van der Waals surface area (Å²) < 4.78 is 0. The zero-order chi connectivity index (χ0) is 9.42. The van der Waals surface area contributed by atoms with E-state index >= 15 is 0 Å². The van der Waals surface area contributed by atoms with Gasteiger partial charge in [0.05, 0.1) is 0 Å². The Balaban J connectivity index is 1.96. The molecule has 0 bridgehead atoms. The quantitative estimate of drug-likeness (QED) is 0.610. The van der Waals surface area contributed by atoms with E-state index in [4.69, 9.17) is 0 Å². The standard InChI is InChI=1S/C12H20O/c1-8(2)11-10(7-13)12(11)9-5-3-4-6-9/h7-12H,3-6H2,1-2H3. The van der Waals surface area contributed by atoms with Crippen LogP contribution in [0.25, 0.3) is 0 Å². The summed E-state index contributed by atoms with van der Waals surface area (Å²) in [6, 6.07) is 0. The van der Waals surface area contributed by atoms with Crippen LogP contribution in [0.2, 0.25) is 0 Å². The Labute approximate surface area is 80.9 Å². The highest BCUT2D eigenvalue weighted by molar-refractivity contribution is 5.59. The van der Waals surface area contributed by atoms with Crippen LogP contribution in [0.15, 0.2) is 0 Å². The van der Waals surface area contributed by atoms with Crippen LogP contribution in [0.3, 0.4) is 0 Å². The van der Waals surface area contributed by atoms with Crippen LogP contribution in [-0.4, -0.2) is 6.29 Å². The van der Waals surface area contributed by atoms with E-state index in [1.165, 1.54) is 32.0 Å². The first-order valence-electron chi connectivity index (χ1n) is 5.71. The summed E-state index contributed by atoms with van der Waals surface area (Å²) >= 11 is 0. The van der Waals surface area contributed by atoms with Gasteiger partial charge < -0.3 is 4.79 Å². The summed E-state index contributed by atoms with van der Waals surface area (Å²) in [5.74, 6) is 3.51. The number of aldehydes is 1. The van der Waals surface area contributed by atoms with Gasteiger partial charge in [0.2, 0.25) is 0 Å². The van der Waals surface area contributed by atoms with Gasteiger partial charge in [-0.25, -0.2) is 0 Å². The summed E-state index contributed by atoms with van der Waals surface area (Å²) in [5, 5.41) is 0. The number of rotatable bonds is 3. The van der Waals surface area contributed by atoms with E-state index in [0.717, 1.165) is 17.8 Å². The molecular formula is C12H20O. The maximum absolute atomic E-state index is 10.8. The van der Waals surface area contributed by atoms with Gasteiger partial charge in [-0.1, -0.05) is 39.5 Å². The van der Waals surface area contributed by atoms with Gasteiger partial charge in [-0.3, -0.25) is 0 Å². The predicted molar refractivity (Wildman–Crippen MR) is 53.3 cm³/mol. The van der Waals surface area contributed by atoms with Crippen molar-refractivity contribution >= 4 is 6.29 Å². The van der Waals surface area contributed by atoms with Crippen molar-refractivity contribution in [2.24, 2.45) is 29.6 Å². The highest BCUT2D eigenvalue weighted by atomic mass is 16.1. The van der Waals surface area contributed by atoms with Gasteiger partial charge in [0.15, 0.2) is 0 Å². The third kappa shape index (κ3) is 1.53. The first-order valence-corrected chi connectivity index (χ1v) is 5.71. The average molecular weight is 180 g/mol. The topological polar surface area (TPSA) is 17.1 Å². The van der Waals surface area contributed by atoms with Crippen molar-refractivity contribution in [3.05, 3.63) is 0 Å². The fourth-order valence-electron chi connectivity index (χ4n) is 3.43. The Morgan fingerprint density at radius 3 is 2.23 bits per heavy atom. The molecule has 13 heavy (non-hydrogen) atoms. The molecule has 74 valence electrons. The number of hydrogen-bond donors (Lipinski definition) is 0. The molecule has 2 saturated carbocycles. The highest BCUT2D eigenvalue weighted by Gasteiger charge is 2.54. The molecule has 3 unspecified atom stereocenters. The van der Waals surface area contributed by atoms with Gasteiger partial charge in [-0.2, -0.15) is 0 Å². The van der Waals surface area contributed by atoms with E-state index in [2.05, 4.69) is 13.8 Å².